The van der Waals surface area contributed by atoms with Crippen molar-refractivity contribution in [3.8, 4) is 0 Å². The minimum absolute atomic E-state index is 0.0546. The van der Waals surface area contributed by atoms with Gasteiger partial charge in [0.25, 0.3) is 5.91 Å². The van der Waals surface area contributed by atoms with Gasteiger partial charge in [-0.1, -0.05) is 121 Å². The molecule has 0 fully saturated rings. The minimum Gasteiger partial charge on any atom is -0.445 e. The molecule has 1 aromatic carbocycles. The number of amides is 2. The van der Waals surface area contributed by atoms with Gasteiger partial charge in [-0.25, -0.2) is 4.79 Å². The topological polar surface area (TPSA) is 93.4 Å². The Hall–Kier alpha value is -2.08. The van der Waals surface area contributed by atoms with Gasteiger partial charge in [0.2, 0.25) is 0 Å². The quantitative estimate of drug-likeness (QED) is 0.155. The predicted octanol–water partition coefficient (Wildman–Crippen LogP) is 6.86. The first-order valence-electron chi connectivity index (χ1n) is 14.2. The van der Waals surface area contributed by atoms with E-state index >= 15 is 0 Å². The molecule has 0 saturated heterocycles. The molecule has 0 atom stereocenters. The van der Waals surface area contributed by atoms with Gasteiger partial charge in [-0.05, 0) is 12.5 Å². The third-order valence-electron chi connectivity index (χ3n) is 6.35. The number of alkyl carbamates (subject to hydrolysis) is 1. The van der Waals surface area contributed by atoms with Crippen LogP contribution in [-0.4, -0.2) is 31.6 Å². The Morgan fingerprint density at radius 2 is 1.23 bits per heavy atom. The van der Waals surface area contributed by atoms with Crippen LogP contribution in [0.1, 0.15) is 126 Å². The summed E-state index contributed by atoms with van der Waals surface area (Å²) in [7, 11) is 0. The van der Waals surface area contributed by atoms with Gasteiger partial charge in [-0.2, -0.15) is 0 Å². The molecule has 0 unspecified atom stereocenters. The van der Waals surface area contributed by atoms with Crippen LogP contribution in [0.15, 0.2) is 24.3 Å². The molecule has 0 aromatic heterocycles. The largest absolute Gasteiger partial charge is 0.445 e. The van der Waals surface area contributed by atoms with Crippen LogP contribution in [0.2, 0.25) is 0 Å². The highest BCUT2D eigenvalue weighted by molar-refractivity contribution is 5.95. The van der Waals surface area contributed by atoms with Crippen LogP contribution in [0, 0.1) is 0 Å². The summed E-state index contributed by atoms with van der Waals surface area (Å²) in [5.41, 5.74) is 6.61. The monoisotopic (exact) mass is 489 g/mol. The molecular weight excluding hydrogens is 438 g/mol. The van der Waals surface area contributed by atoms with Crippen LogP contribution < -0.4 is 16.4 Å². The van der Waals surface area contributed by atoms with E-state index in [2.05, 4.69) is 17.6 Å². The summed E-state index contributed by atoms with van der Waals surface area (Å²) >= 11 is 0. The number of benzene rings is 1. The second-order valence-corrected chi connectivity index (χ2v) is 9.51. The number of hydrogen-bond acceptors (Lipinski definition) is 4. The summed E-state index contributed by atoms with van der Waals surface area (Å²) in [5, 5.41) is 5.55. The van der Waals surface area contributed by atoms with Gasteiger partial charge in [0.15, 0.2) is 0 Å². The third-order valence-corrected chi connectivity index (χ3v) is 6.35. The van der Waals surface area contributed by atoms with E-state index in [1.807, 2.05) is 12.1 Å². The lowest BCUT2D eigenvalue weighted by Crippen LogP contribution is -2.30. The Balaban J connectivity index is 2.01. The summed E-state index contributed by atoms with van der Waals surface area (Å²) in [5.74, 6) is -0.118. The molecule has 6 heteroatoms. The van der Waals surface area contributed by atoms with Crippen molar-refractivity contribution in [2.45, 2.75) is 116 Å². The van der Waals surface area contributed by atoms with Crippen LogP contribution in [0.25, 0.3) is 0 Å². The van der Waals surface area contributed by atoms with Gasteiger partial charge in [-0.3, -0.25) is 4.79 Å². The van der Waals surface area contributed by atoms with Crippen molar-refractivity contribution in [1.82, 2.24) is 10.6 Å². The van der Waals surface area contributed by atoms with Gasteiger partial charge in [0.1, 0.15) is 6.61 Å². The van der Waals surface area contributed by atoms with Crippen LogP contribution in [0.4, 0.5) is 4.79 Å². The molecule has 1 aromatic rings. The van der Waals surface area contributed by atoms with Crippen molar-refractivity contribution < 1.29 is 14.3 Å². The zero-order chi connectivity index (χ0) is 25.4. The van der Waals surface area contributed by atoms with Crippen molar-refractivity contribution in [3.05, 3.63) is 35.4 Å². The standard InChI is InChI=1S/C29H51N3O3/c1-2-3-4-5-6-7-8-9-10-11-12-13-14-15-16-19-23-31-28(33)27-21-18-17-20-26(27)25-35-29(34)32-24-22-30/h17-18,20-21H,2-16,19,22-25,30H2,1H3,(H,31,33)(H,32,34). The number of hydrogen-bond donors (Lipinski definition) is 3. The van der Waals surface area contributed by atoms with Gasteiger partial charge in [0.05, 0.1) is 0 Å². The second-order valence-electron chi connectivity index (χ2n) is 9.51. The molecular formula is C29H51N3O3. The molecule has 0 spiro atoms. The van der Waals surface area contributed by atoms with Gasteiger partial charge >= 0.3 is 6.09 Å². The molecule has 2 amide bonds. The average molecular weight is 490 g/mol. The highest BCUT2D eigenvalue weighted by atomic mass is 16.5. The highest BCUT2D eigenvalue weighted by Gasteiger charge is 2.12. The first-order chi connectivity index (χ1) is 17.2. The molecule has 0 heterocycles. The smallest absolute Gasteiger partial charge is 0.407 e. The number of ether oxygens (including phenoxy) is 1. The third kappa shape index (κ3) is 17.1. The number of nitrogens with one attached hydrogen (secondary N) is 2. The SMILES string of the molecule is CCCCCCCCCCCCCCCCCCNC(=O)c1ccccc1COC(=O)NCCN. The van der Waals surface area contributed by atoms with Gasteiger partial charge < -0.3 is 21.1 Å². The number of nitrogens with two attached hydrogens (primary N) is 1. The van der Waals surface area contributed by atoms with E-state index < -0.39 is 6.09 Å². The van der Waals surface area contributed by atoms with Crippen LogP contribution in [0.3, 0.4) is 0 Å². The van der Waals surface area contributed by atoms with Crippen molar-refractivity contribution >= 4 is 12.0 Å². The average Bonchev–Trinajstić information content (AvgIpc) is 2.88. The Morgan fingerprint density at radius 3 is 1.77 bits per heavy atom. The van der Waals surface area contributed by atoms with Gasteiger partial charge in [0, 0.05) is 30.8 Å². The lowest BCUT2D eigenvalue weighted by atomic mass is 10.0. The molecule has 0 aliphatic carbocycles. The molecule has 0 radical (unpaired) electrons. The fourth-order valence-electron chi connectivity index (χ4n) is 4.21. The zero-order valence-electron chi connectivity index (χ0n) is 22.3. The van der Waals surface area contributed by atoms with Crippen molar-refractivity contribution in [3.63, 3.8) is 0 Å². The second kappa shape index (κ2) is 22.4. The summed E-state index contributed by atoms with van der Waals surface area (Å²) < 4.78 is 5.17. The van der Waals surface area contributed by atoms with Crippen LogP contribution >= 0.6 is 0 Å². The lowest BCUT2D eigenvalue weighted by Gasteiger charge is -2.11. The molecule has 6 nitrogen and oxygen atoms in total. The van der Waals surface area contributed by atoms with Crippen LogP contribution in [0.5, 0.6) is 0 Å². The van der Waals surface area contributed by atoms with E-state index in [1.165, 1.54) is 89.9 Å². The molecule has 200 valence electrons. The highest BCUT2D eigenvalue weighted by Crippen LogP contribution is 2.14. The molecule has 1 rings (SSSR count). The molecule has 0 saturated carbocycles. The number of unbranched alkanes of at least 4 members (excludes halogenated alkanes) is 15. The number of carbonyl (C=O) groups is 2. The number of rotatable bonds is 22. The first-order valence-corrected chi connectivity index (χ1v) is 14.2. The minimum atomic E-state index is -0.529. The van der Waals surface area contributed by atoms with Crippen LogP contribution in [-0.2, 0) is 11.3 Å². The molecule has 35 heavy (non-hydrogen) atoms. The van der Waals surface area contributed by atoms with E-state index in [1.54, 1.807) is 12.1 Å². The normalized spacial score (nSPS) is 10.8. The Kier molecular flexibility index (Phi) is 19.8. The fourth-order valence-corrected chi connectivity index (χ4v) is 4.21. The summed E-state index contributed by atoms with van der Waals surface area (Å²) in [6.07, 6.45) is 20.8. The Labute approximate surface area is 214 Å². The van der Waals surface area contributed by atoms with E-state index in [9.17, 15) is 9.59 Å². The van der Waals surface area contributed by atoms with Crippen molar-refractivity contribution in [1.29, 1.82) is 0 Å². The summed E-state index contributed by atoms with van der Waals surface area (Å²) in [6.45, 7) is 3.72. The summed E-state index contributed by atoms with van der Waals surface area (Å²) in [6, 6.07) is 7.23. The summed E-state index contributed by atoms with van der Waals surface area (Å²) in [4.78, 5) is 24.2. The molecule has 4 N–H and O–H groups in total. The molecule has 0 bridgehead atoms. The fraction of sp³-hybridized carbons (Fsp3) is 0.724. The van der Waals surface area contributed by atoms with Gasteiger partial charge in [-0.15, -0.1) is 0 Å². The molecule has 0 aliphatic heterocycles. The van der Waals surface area contributed by atoms with Crippen molar-refractivity contribution in [2.75, 3.05) is 19.6 Å². The molecule has 0 aliphatic rings. The van der Waals surface area contributed by atoms with E-state index in [4.69, 9.17) is 10.5 Å². The predicted molar refractivity (Wildman–Crippen MR) is 146 cm³/mol. The number of carbonyl (C=O) groups excluding carboxylic acids is 2. The Morgan fingerprint density at radius 1 is 0.714 bits per heavy atom. The maximum atomic E-state index is 12.6. The van der Waals surface area contributed by atoms with E-state index in [0.717, 1.165) is 12.8 Å². The zero-order valence-corrected chi connectivity index (χ0v) is 22.3. The maximum absolute atomic E-state index is 12.6. The van der Waals surface area contributed by atoms with E-state index in [0.29, 0.717) is 30.8 Å². The first kappa shape index (κ1) is 31.0. The maximum Gasteiger partial charge on any atom is 0.407 e. The van der Waals surface area contributed by atoms with Crippen molar-refractivity contribution in [2.24, 2.45) is 5.73 Å². The van der Waals surface area contributed by atoms with E-state index in [-0.39, 0.29) is 12.5 Å². The Bertz CT molecular complexity index is 666. The lowest BCUT2D eigenvalue weighted by molar-refractivity contribution is 0.0946.